The summed E-state index contributed by atoms with van der Waals surface area (Å²) in [6.45, 7) is 0. The Kier molecular flexibility index (Phi) is 3.72. The highest BCUT2D eigenvalue weighted by molar-refractivity contribution is 7.99. The van der Waals surface area contributed by atoms with E-state index in [0.29, 0.717) is 10.6 Å². The molecule has 2 rings (SSSR count). The molecule has 2 N–H and O–H groups in total. The summed E-state index contributed by atoms with van der Waals surface area (Å²) < 4.78 is 32.4. The molecule has 0 unspecified atom stereocenters. The monoisotopic (exact) mass is 267 g/mol. The zero-order valence-electron chi connectivity index (χ0n) is 9.61. The zero-order chi connectivity index (χ0) is 13.1. The molecule has 2 aromatic carbocycles. The first kappa shape index (κ1) is 12.7. The average Bonchev–Trinajstić information content (AvgIpc) is 2.34. The minimum atomic E-state index is -0.677. The first-order valence-corrected chi connectivity index (χ1v) is 5.99. The summed E-state index contributed by atoms with van der Waals surface area (Å²) in [6, 6.07) is 9.23. The van der Waals surface area contributed by atoms with Crippen LogP contribution in [0.5, 0.6) is 5.75 Å². The minimum Gasteiger partial charge on any atom is -0.496 e. The van der Waals surface area contributed by atoms with Crippen LogP contribution in [0.15, 0.2) is 46.2 Å². The van der Waals surface area contributed by atoms with Crippen LogP contribution in [0.25, 0.3) is 0 Å². The van der Waals surface area contributed by atoms with Gasteiger partial charge in [0.1, 0.15) is 17.4 Å². The number of methoxy groups -OCH3 is 1. The van der Waals surface area contributed by atoms with E-state index in [4.69, 9.17) is 10.5 Å². The quantitative estimate of drug-likeness (QED) is 0.861. The van der Waals surface area contributed by atoms with Crippen molar-refractivity contribution in [3.63, 3.8) is 0 Å². The third-order valence-corrected chi connectivity index (χ3v) is 3.45. The van der Waals surface area contributed by atoms with Crippen LogP contribution >= 0.6 is 11.8 Å². The summed E-state index contributed by atoms with van der Waals surface area (Å²) in [6.07, 6.45) is 0. The molecule has 0 saturated heterocycles. The van der Waals surface area contributed by atoms with E-state index in [1.807, 2.05) is 0 Å². The highest BCUT2D eigenvalue weighted by Crippen LogP contribution is 2.37. The van der Waals surface area contributed by atoms with Crippen LogP contribution in [0.1, 0.15) is 0 Å². The van der Waals surface area contributed by atoms with Gasteiger partial charge in [-0.3, -0.25) is 0 Å². The van der Waals surface area contributed by atoms with Crippen LogP contribution < -0.4 is 10.5 Å². The Balaban J connectivity index is 2.40. The topological polar surface area (TPSA) is 35.2 Å². The highest BCUT2D eigenvalue weighted by Gasteiger charge is 2.14. The molecule has 0 aromatic heterocycles. The van der Waals surface area contributed by atoms with Gasteiger partial charge >= 0.3 is 0 Å². The molecule has 0 aliphatic heterocycles. The Labute approximate surface area is 108 Å². The maximum atomic E-state index is 13.7. The molecular weight excluding hydrogens is 256 g/mol. The molecule has 2 aromatic rings. The molecular formula is C13H11F2NOS. The van der Waals surface area contributed by atoms with Gasteiger partial charge in [0, 0.05) is 5.69 Å². The Bertz CT molecular complexity index is 552. The van der Waals surface area contributed by atoms with Crippen molar-refractivity contribution in [1.29, 1.82) is 0 Å². The summed E-state index contributed by atoms with van der Waals surface area (Å²) in [7, 11) is 1.51. The number of nitrogens with two attached hydrogens (primary N) is 1. The predicted octanol–water partition coefficient (Wildman–Crippen LogP) is 3.71. The van der Waals surface area contributed by atoms with Gasteiger partial charge in [-0.2, -0.15) is 0 Å². The average molecular weight is 267 g/mol. The van der Waals surface area contributed by atoms with E-state index < -0.39 is 11.6 Å². The summed E-state index contributed by atoms with van der Waals surface area (Å²) in [4.78, 5) is 0.552. The molecule has 0 atom stereocenters. The van der Waals surface area contributed by atoms with Crippen LogP contribution in [0.2, 0.25) is 0 Å². The first-order chi connectivity index (χ1) is 8.61. The number of nitrogen functional groups attached to an aromatic ring is 1. The van der Waals surface area contributed by atoms with Crippen molar-refractivity contribution in [2.75, 3.05) is 12.8 Å². The number of ether oxygens (including phenoxy) is 1. The van der Waals surface area contributed by atoms with Crippen molar-refractivity contribution < 1.29 is 13.5 Å². The molecule has 0 fully saturated rings. The molecule has 5 heteroatoms. The summed E-state index contributed by atoms with van der Waals surface area (Å²) >= 11 is 0.970. The number of para-hydroxylation sites is 1. The van der Waals surface area contributed by atoms with Crippen molar-refractivity contribution in [3.8, 4) is 5.75 Å². The van der Waals surface area contributed by atoms with Crippen LogP contribution in [0.4, 0.5) is 14.5 Å². The number of anilines is 1. The molecule has 2 nitrogen and oxygen atoms in total. The van der Waals surface area contributed by atoms with Gasteiger partial charge in [-0.25, -0.2) is 8.78 Å². The summed E-state index contributed by atoms with van der Waals surface area (Å²) in [5.74, 6) is -0.787. The van der Waals surface area contributed by atoms with E-state index in [1.54, 1.807) is 24.3 Å². The zero-order valence-corrected chi connectivity index (χ0v) is 10.4. The molecule has 0 radical (unpaired) electrons. The SMILES string of the molecule is COc1ccccc1Sc1c(F)cc(N)cc1F. The highest BCUT2D eigenvalue weighted by atomic mass is 32.2. The Morgan fingerprint density at radius 1 is 1.11 bits per heavy atom. The van der Waals surface area contributed by atoms with E-state index in [2.05, 4.69) is 0 Å². The van der Waals surface area contributed by atoms with E-state index in [9.17, 15) is 8.78 Å². The third-order valence-electron chi connectivity index (χ3n) is 2.30. The lowest BCUT2D eigenvalue weighted by atomic mass is 10.3. The second-order valence-electron chi connectivity index (χ2n) is 3.57. The standard InChI is InChI=1S/C13H11F2NOS/c1-17-11-4-2-3-5-12(11)18-13-9(14)6-8(16)7-10(13)15/h2-7H,16H2,1H3. The Morgan fingerprint density at radius 2 is 1.72 bits per heavy atom. The third kappa shape index (κ3) is 2.56. The van der Waals surface area contributed by atoms with E-state index in [1.165, 1.54) is 7.11 Å². The molecule has 0 saturated carbocycles. The van der Waals surface area contributed by atoms with Crippen LogP contribution in [0.3, 0.4) is 0 Å². The van der Waals surface area contributed by atoms with Gasteiger partial charge in [0.25, 0.3) is 0 Å². The number of hydrogen-bond donors (Lipinski definition) is 1. The summed E-state index contributed by atoms with van der Waals surface area (Å²) in [5.41, 5.74) is 5.43. The van der Waals surface area contributed by atoms with E-state index in [-0.39, 0.29) is 10.6 Å². The maximum absolute atomic E-state index is 13.7. The van der Waals surface area contributed by atoms with Crippen molar-refractivity contribution >= 4 is 17.4 Å². The number of hydrogen-bond acceptors (Lipinski definition) is 3. The van der Waals surface area contributed by atoms with Crippen molar-refractivity contribution in [3.05, 3.63) is 48.0 Å². The number of halogens is 2. The fourth-order valence-corrected chi connectivity index (χ4v) is 2.42. The van der Waals surface area contributed by atoms with Gasteiger partial charge in [-0.05, 0) is 24.3 Å². The molecule has 0 amide bonds. The molecule has 18 heavy (non-hydrogen) atoms. The molecule has 94 valence electrons. The fourth-order valence-electron chi connectivity index (χ4n) is 1.49. The Morgan fingerprint density at radius 3 is 2.33 bits per heavy atom. The largest absolute Gasteiger partial charge is 0.496 e. The lowest BCUT2D eigenvalue weighted by Crippen LogP contribution is -1.93. The van der Waals surface area contributed by atoms with Crippen LogP contribution in [-0.4, -0.2) is 7.11 Å². The first-order valence-electron chi connectivity index (χ1n) is 5.17. The van der Waals surface area contributed by atoms with Gasteiger partial charge in [0.05, 0.1) is 16.9 Å². The lowest BCUT2D eigenvalue weighted by molar-refractivity contribution is 0.404. The number of benzene rings is 2. The van der Waals surface area contributed by atoms with Gasteiger partial charge in [0.15, 0.2) is 0 Å². The van der Waals surface area contributed by atoms with Crippen LogP contribution in [0, 0.1) is 11.6 Å². The number of rotatable bonds is 3. The lowest BCUT2D eigenvalue weighted by Gasteiger charge is -2.09. The molecule has 0 bridgehead atoms. The van der Waals surface area contributed by atoms with Gasteiger partial charge < -0.3 is 10.5 Å². The molecule has 0 spiro atoms. The van der Waals surface area contributed by atoms with Gasteiger partial charge in [0.2, 0.25) is 0 Å². The maximum Gasteiger partial charge on any atom is 0.142 e. The van der Waals surface area contributed by atoms with Gasteiger partial charge in [-0.15, -0.1) is 0 Å². The van der Waals surface area contributed by atoms with Crippen molar-refractivity contribution in [1.82, 2.24) is 0 Å². The molecule has 0 heterocycles. The minimum absolute atomic E-state index is 0.0642. The summed E-state index contributed by atoms with van der Waals surface area (Å²) in [5, 5.41) is 0. The van der Waals surface area contributed by atoms with Gasteiger partial charge in [-0.1, -0.05) is 23.9 Å². The normalized spacial score (nSPS) is 10.4. The van der Waals surface area contributed by atoms with Crippen LogP contribution in [-0.2, 0) is 0 Å². The van der Waals surface area contributed by atoms with E-state index in [0.717, 1.165) is 23.9 Å². The van der Waals surface area contributed by atoms with Crippen molar-refractivity contribution in [2.45, 2.75) is 9.79 Å². The van der Waals surface area contributed by atoms with E-state index >= 15 is 0 Å². The molecule has 0 aliphatic rings. The smallest absolute Gasteiger partial charge is 0.142 e. The second-order valence-corrected chi connectivity index (χ2v) is 4.62. The molecule has 0 aliphatic carbocycles. The Hall–Kier alpha value is -1.75. The fraction of sp³-hybridized carbons (Fsp3) is 0.0769. The predicted molar refractivity (Wildman–Crippen MR) is 67.9 cm³/mol. The van der Waals surface area contributed by atoms with Crippen molar-refractivity contribution in [2.24, 2.45) is 0 Å². The second kappa shape index (κ2) is 5.27.